The number of carbonyl (C=O) groups excluding carboxylic acids is 1. The van der Waals surface area contributed by atoms with E-state index in [1.54, 1.807) is 7.11 Å². The summed E-state index contributed by atoms with van der Waals surface area (Å²) in [5.74, 6) is 0.996. The second-order valence-corrected chi connectivity index (χ2v) is 7.29. The minimum Gasteiger partial charge on any atom is -0.495 e. The molecule has 1 amide bonds. The van der Waals surface area contributed by atoms with Crippen LogP contribution in [0.1, 0.15) is 17.8 Å². The summed E-state index contributed by atoms with van der Waals surface area (Å²) in [6.45, 7) is 9.56. The maximum Gasteiger partial charge on any atom is 0.234 e. The number of rotatable bonds is 8. The lowest BCUT2D eigenvalue weighted by Gasteiger charge is -2.36. The van der Waals surface area contributed by atoms with Crippen molar-refractivity contribution in [3.8, 4) is 5.75 Å². The minimum atomic E-state index is 0.0964. The number of anilines is 1. The topological polar surface area (TPSA) is 62.6 Å². The summed E-state index contributed by atoms with van der Waals surface area (Å²) in [6, 6.07) is 10.2. The Kier molecular flexibility index (Phi) is 6.92. The highest BCUT2D eigenvalue weighted by atomic mass is 16.5. The van der Waals surface area contributed by atoms with Crippen molar-refractivity contribution in [1.29, 1.82) is 0 Å². The summed E-state index contributed by atoms with van der Waals surface area (Å²) >= 11 is 0. The fourth-order valence-electron chi connectivity index (χ4n) is 3.65. The number of hydrogen-bond acceptors (Lipinski definition) is 5. The van der Waals surface area contributed by atoms with E-state index in [4.69, 9.17) is 4.74 Å². The lowest BCUT2D eigenvalue weighted by molar-refractivity contribution is -0.122. The first-order valence-corrected chi connectivity index (χ1v) is 9.95. The number of aromatic nitrogens is 2. The molecule has 7 nitrogen and oxygen atoms in total. The van der Waals surface area contributed by atoms with Crippen molar-refractivity contribution in [3.63, 3.8) is 0 Å². The lowest BCUT2D eigenvalue weighted by atomic mass is 10.2. The number of piperazine rings is 1. The number of amides is 1. The van der Waals surface area contributed by atoms with Gasteiger partial charge in [0.15, 0.2) is 0 Å². The number of nitrogens with zero attached hydrogens (tertiary/aromatic N) is 4. The van der Waals surface area contributed by atoms with Crippen LogP contribution in [0.25, 0.3) is 0 Å². The smallest absolute Gasteiger partial charge is 0.234 e. The van der Waals surface area contributed by atoms with Crippen LogP contribution in [-0.2, 0) is 11.3 Å². The van der Waals surface area contributed by atoms with Crippen molar-refractivity contribution < 1.29 is 9.53 Å². The highest BCUT2D eigenvalue weighted by Gasteiger charge is 2.20. The largest absolute Gasteiger partial charge is 0.495 e. The van der Waals surface area contributed by atoms with E-state index < -0.39 is 0 Å². The first-order valence-electron chi connectivity index (χ1n) is 9.95. The van der Waals surface area contributed by atoms with Crippen LogP contribution in [0.4, 0.5) is 5.69 Å². The normalized spacial score (nSPS) is 14.9. The number of hydrogen-bond donors (Lipinski definition) is 1. The number of carbonyl (C=O) groups is 1. The molecule has 1 aliphatic rings. The molecule has 3 rings (SSSR count). The molecule has 0 radical (unpaired) electrons. The van der Waals surface area contributed by atoms with Gasteiger partial charge in [-0.25, -0.2) is 0 Å². The first kappa shape index (κ1) is 20.2. The van der Waals surface area contributed by atoms with Crippen molar-refractivity contribution in [2.24, 2.45) is 0 Å². The third-order valence-electron chi connectivity index (χ3n) is 5.14. The summed E-state index contributed by atoms with van der Waals surface area (Å²) in [6.07, 6.45) is 0.884. The molecule has 0 saturated carbocycles. The summed E-state index contributed by atoms with van der Waals surface area (Å²) in [5.41, 5.74) is 3.32. The van der Waals surface area contributed by atoms with E-state index in [0.717, 1.165) is 62.0 Å². The van der Waals surface area contributed by atoms with Crippen LogP contribution in [0.5, 0.6) is 5.75 Å². The third kappa shape index (κ3) is 5.25. The molecule has 0 unspecified atom stereocenters. The first-order chi connectivity index (χ1) is 13.6. The number of para-hydroxylation sites is 2. The van der Waals surface area contributed by atoms with Crippen molar-refractivity contribution in [2.45, 2.75) is 26.8 Å². The van der Waals surface area contributed by atoms with E-state index >= 15 is 0 Å². The molecule has 152 valence electrons. The van der Waals surface area contributed by atoms with Gasteiger partial charge in [-0.15, -0.1) is 0 Å². The summed E-state index contributed by atoms with van der Waals surface area (Å²) in [7, 11) is 1.70. The zero-order valence-corrected chi connectivity index (χ0v) is 17.1. The number of methoxy groups -OCH3 is 1. The lowest BCUT2D eigenvalue weighted by Crippen LogP contribution is -2.49. The van der Waals surface area contributed by atoms with Gasteiger partial charge in [-0.3, -0.25) is 14.4 Å². The Bertz CT molecular complexity index is 781. The van der Waals surface area contributed by atoms with Crippen LogP contribution >= 0.6 is 0 Å². The Morgan fingerprint density at radius 2 is 1.93 bits per heavy atom. The number of aryl methyl sites for hydroxylation is 3. The second kappa shape index (κ2) is 9.59. The van der Waals surface area contributed by atoms with Gasteiger partial charge in [-0.05, 0) is 38.5 Å². The highest BCUT2D eigenvalue weighted by molar-refractivity contribution is 5.78. The van der Waals surface area contributed by atoms with E-state index in [9.17, 15) is 4.79 Å². The Morgan fingerprint density at radius 1 is 1.18 bits per heavy atom. The quantitative estimate of drug-likeness (QED) is 0.703. The molecule has 2 aromatic rings. The molecule has 0 atom stereocenters. The van der Waals surface area contributed by atoms with Crippen molar-refractivity contribution in [2.75, 3.05) is 51.3 Å². The highest BCUT2D eigenvalue weighted by Crippen LogP contribution is 2.28. The SMILES string of the molecule is COc1ccccc1N1CCN(CC(=O)NCCCn2nc(C)cc2C)CC1. The molecule has 0 aliphatic carbocycles. The van der Waals surface area contributed by atoms with Crippen molar-refractivity contribution in [1.82, 2.24) is 20.0 Å². The van der Waals surface area contributed by atoms with Crippen molar-refractivity contribution in [3.05, 3.63) is 41.7 Å². The van der Waals surface area contributed by atoms with Gasteiger partial charge in [0.2, 0.25) is 5.91 Å². The van der Waals surface area contributed by atoms with Gasteiger partial charge in [0.1, 0.15) is 5.75 Å². The van der Waals surface area contributed by atoms with Crippen LogP contribution in [0.15, 0.2) is 30.3 Å². The van der Waals surface area contributed by atoms with E-state index in [2.05, 4.69) is 39.3 Å². The van der Waals surface area contributed by atoms with Crippen LogP contribution in [0.2, 0.25) is 0 Å². The zero-order valence-electron chi connectivity index (χ0n) is 17.1. The molecule has 0 spiro atoms. The summed E-state index contributed by atoms with van der Waals surface area (Å²) < 4.78 is 7.46. The van der Waals surface area contributed by atoms with Crippen LogP contribution < -0.4 is 15.0 Å². The minimum absolute atomic E-state index is 0.0964. The fourth-order valence-corrected chi connectivity index (χ4v) is 3.65. The van der Waals surface area contributed by atoms with E-state index in [-0.39, 0.29) is 5.91 Å². The number of nitrogens with one attached hydrogen (secondary N) is 1. The standard InChI is InChI=1S/C21H31N5O2/c1-17-15-18(2)26(23-17)10-6-9-22-21(27)16-24-11-13-25(14-12-24)19-7-4-5-8-20(19)28-3/h4-5,7-8,15H,6,9-14,16H2,1-3H3,(H,22,27). The summed E-state index contributed by atoms with van der Waals surface area (Å²) in [5, 5.41) is 7.48. The van der Waals surface area contributed by atoms with Gasteiger partial charge in [0.05, 0.1) is 25.0 Å². The Morgan fingerprint density at radius 3 is 2.61 bits per heavy atom. The Hall–Kier alpha value is -2.54. The number of benzene rings is 1. The van der Waals surface area contributed by atoms with E-state index in [1.807, 2.05) is 29.8 Å². The molecule has 1 aliphatic heterocycles. The molecule has 1 fully saturated rings. The van der Waals surface area contributed by atoms with Gasteiger partial charge >= 0.3 is 0 Å². The molecular weight excluding hydrogens is 354 g/mol. The fraction of sp³-hybridized carbons (Fsp3) is 0.524. The Labute approximate surface area is 167 Å². The molecule has 7 heteroatoms. The van der Waals surface area contributed by atoms with Gasteiger partial charge in [0, 0.05) is 45.0 Å². The maximum absolute atomic E-state index is 12.2. The van der Waals surface area contributed by atoms with Gasteiger partial charge in [-0.2, -0.15) is 5.10 Å². The second-order valence-electron chi connectivity index (χ2n) is 7.29. The molecule has 0 bridgehead atoms. The molecule has 2 heterocycles. The van der Waals surface area contributed by atoms with Crippen LogP contribution in [0.3, 0.4) is 0 Å². The van der Waals surface area contributed by atoms with Gasteiger partial charge in [-0.1, -0.05) is 12.1 Å². The van der Waals surface area contributed by atoms with E-state index in [1.165, 1.54) is 0 Å². The Balaban J connectivity index is 1.36. The third-order valence-corrected chi connectivity index (χ3v) is 5.14. The number of ether oxygens (including phenoxy) is 1. The molecule has 1 aromatic heterocycles. The van der Waals surface area contributed by atoms with Gasteiger partial charge < -0.3 is 15.0 Å². The average molecular weight is 386 g/mol. The zero-order chi connectivity index (χ0) is 19.9. The maximum atomic E-state index is 12.2. The predicted octanol–water partition coefficient (Wildman–Crippen LogP) is 1.84. The molecule has 1 N–H and O–H groups in total. The monoisotopic (exact) mass is 385 g/mol. The van der Waals surface area contributed by atoms with E-state index in [0.29, 0.717) is 13.1 Å². The van der Waals surface area contributed by atoms with Crippen molar-refractivity contribution >= 4 is 11.6 Å². The average Bonchev–Trinajstić information content (AvgIpc) is 3.03. The predicted molar refractivity (Wildman–Crippen MR) is 111 cm³/mol. The molecule has 1 aromatic carbocycles. The molecule has 28 heavy (non-hydrogen) atoms. The summed E-state index contributed by atoms with van der Waals surface area (Å²) in [4.78, 5) is 16.8. The molecular formula is C21H31N5O2. The van der Waals surface area contributed by atoms with Gasteiger partial charge in [0.25, 0.3) is 0 Å². The van der Waals surface area contributed by atoms with Crippen LogP contribution in [-0.4, -0.2) is 67.0 Å². The van der Waals surface area contributed by atoms with Crippen LogP contribution in [0, 0.1) is 13.8 Å². The molecule has 1 saturated heterocycles.